The molecule has 0 bridgehead atoms. The molecule has 0 saturated heterocycles. The Bertz CT molecular complexity index is 438. The molecule has 2 aliphatic carbocycles. The number of allylic oxidation sites excluding steroid dienone is 7. The number of rotatable bonds is 5. The molecule has 21 heavy (non-hydrogen) atoms. The van der Waals surface area contributed by atoms with Gasteiger partial charge in [-0.2, -0.15) is 17.8 Å². The third kappa shape index (κ3) is 6.32. The van der Waals surface area contributed by atoms with Crippen LogP contribution in [0.1, 0.15) is 46.5 Å². The van der Waals surface area contributed by atoms with Crippen LogP contribution in [0.3, 0.4) is 0 Å². The van der Waals surface area contributed by atoms with Crippen LogP contribution in [0, 0.1) is 6.08 Å². The second-order valence-corrected chi connectivity index (χ2v) is 6.79. The Morgan fingerprint density at radius 1 is 1.29 bits per heavy atom. The van der Waals surface area contributed by atoms with E-state index in [1.54, 1.807) is 0 Å². The summed E-state index contributed by atoms with van der Waals surface area (Å²) in [5.41, 5.74) is 4.36. The van der Waals surface area contributed by atoms with E-state index in [9.17, 15) is 0 Å². The Kier molecular flexibility index (Phi) is 12.7. The maximum absolute atomic E-state index is 3.48. The van der Waals surface area contributed by atoms with Gasteiger partial charge in [0.15, 0.2) is 0 Å². The average Bonchev–Trinajstić information content (AvgIpc) is 2.84. The van der Waals surface area contributed by atoms with E-state index in [2.05, 4.69) is 62.9 Å². The normalized spacial score (nSPS) is 23.1. The fourth-order valence-corrected chi connectivity index (χ4v) is 3.97. The zero-order chi connectivity index (χ0) is 13.0. The number of halogens is 2. The van der Waals surface area contributed by atoms with Crippen LogP contribution in [0.4, 0.5) is 0 Å². The summed E-state index contributed by atoms with van der Waals surface area (Å²) in [6.45, 7) is 6.78. The Hall–Kier alpha value is 0.604. The van der Waals surface area contributed by atoms with E-state index in [0.717, 1.165) is 12.8 Å². The summed E-state index contributed by atoms with van der Waals surface area (Å²) in [5.74, 6) is 1.25. The minimum atomic E-state index is 0. The molecule has 0 heterocycles. The van der Waals surface area contributed by atoms with Gasteiger partial charge in [0.25, 0.3) is 0 Å². The zero-order valence-electron chi connectivity index (χ0n) is 13.0. The van der Waals surface area contributed by atoms with Crippen molar-refractivity contribution in [1.82, 2.24) is 0 Å². The van der Waals surface area contributed by atoms with Gasteiger partial charge in [0.1, 0.15) is 0 Å². The largest absolute Gasteiger partial charge is 3.00 e. The molecule has 0 aromatic carbocycles. The average molecular weight is 378 g/mol. The van der Waals surface area contributed by atoms with E-state index in [0.29, 0.717) is 0 Å². The fourth-order valence-electron chi connectivity index (χ4n) is 2.63. The van der Waals surface area contributed by atoms with E-state index in [1.807, 2.05) is 0 Å². The molecule has 0 N–H and O–H groups in total. The first-order chi connectivity index (χ1) is 8.66. The summed E-state index contributed by atoms with van der Waals surface area (Å²) in [7, 11) is 0. The van der Waals surface area contributed by atoms with Crippen molar-refractivity contribution in [3.63, 3.8) is 0 Å². The second kappa shape index (κ2) is 11.2. The van der Waals surface area contributed by atoms with Crippen LogP contribution >= 0.6 is 11.8 Å². The van der Waals surface area contributed by atoms with Crippen LogP contribution in [0.15, 0.2) is 41.0 Å². The second-order valence-electron chi connectivity index (χ2n) is 5.31. The molecule has 0 saturated carbocycles. The van der Waals surface area contributed by atoms with Crippen LogP contribution < -0.4 is 24.8 Å². The van der Waals surface area contributed by atoms with Gasteiger partial charge < -0.3 is 24.8 Å². The predicted molar refractivity (Wildman–Crippen MR) is 82.7 cm³/mol. The van der Waals surface area contributed by atoms with Crippen molar-refractivity contribution in [1.29, 1.82) is 0 Å². The summed E-state index contributed by atoms with van der Waals surface area (Å²) in [4.78, 5) is 0. The van der Waals surface area contributed by atoms with Gasteiger partial charge in [0.2, 0.25) is 0 Å². The zero-order valence-corrected chi connectivity index (χ0v) is 16.9. The SMILES string of the molecule is CCCSC1(CC2=[C-]CC=C2)CC=C(C)C=C1C.[Cl-].[Cl-].[Ti+3]. The van der Waals surface area contributed by atoms with Crippen LogP contribution in [0.25, 0.3) is 0 Å². The van der Waals surface area contributed by atoms with Crippen molar-refractivity contribution >= 4 is 11.8 Å². The van der Waals surface area contributed by atoms with Crippen molar-refractivity contribution in [2.45, 2.75) is 51.2 Å². The molecule has 1 radical (unpaired) electrons. The number of hydrogen-bond donors (Lipinski definition) is 0. The molecule has 115 valence electrons. The summed E-state index contributed by atoms with van der Waals surface area (Å²) in [5, 5.41) is 0. The minimum absolute atomic E-state index is 0. The van der Waals surface area contributed by atoms with Gasteiger partial charge in [0.05, 0.1) is 0 Å². The molecule has 4 heteroatoms. The van der Waals surface area contributed by atoms with Crippen molar-refractivity contribution in [2.24, 2.45) is 0 Å². The van der Waals surface area contributed by atoms with E-state index in [4.69, 9.17) is 0 Å². The molecule has 0 aliphatic heterocycles. The van der Waals surface area contributed by atoms with Crippen molar-refractivity contribution < 1.29 is 46.5 Å². The molecule has 0 spiro atoms. The molecular weight excluding hydrogens is 355 g/mol. The van der Waals surface area contributed by atoms with E-state index in [1.165, 1.54) is 35.3 Å². The van der Waals surface area contributed by atoms with Crippen LogP contribution in [0.5, 0.6) is 0 Å². The van der Waals surface area contributed by atoms with E-state index >= 15 is 0 Å². The van der Waals surface area contributed by atoms with Gasteiger partial charge in [0, 0.05) is 4.75 Å². The van der Waals surface area contributed by atoms with Gasteiger partial charge in [-0.1, -0.05) is 30.2 Å². The Labute approximate surface area is 161 Å². The van der Waals surface area contributed by atoms with Crippen molar-refractivity contribution in [2.75, 3.05) is 5.75 Å². The molecule has 0 fully saturated rings. The predicted octanol–water partition coefficient (Wildman–Crippen LogP) is -0.750. The van der Waals surface area contributed by atoms with Gasteiger partial charge in [-0.3, -0.25) is 6.08 Å². The van der Waals surface area contributed by atoms with Crippen LogP contribution in [-0.4, -0.2) is 10.5 Å². The maximum Gasteiger partial charge on any atom is 3.00 e. The monoisotopic (exact) mass is 377 g/mol. The van der Waals surface area contributed by atoms with Crippen LogP contribution in [-0.2, 0) is 21.7 Å². The van der Waals surface area contributed by atoms with E-state index in [-0.39, 0.29) is 51.3 Å². The molecule has 1 unspecified atom stereocenters. The summed E-state index contributed by atoms with van der Waals surface area (Å²) < 4.78 is 0.284. The molecular formula is C17H23Cl2STi. The Balaban J connectivity index is 0. The molecule has 0 amide bonds. The van der Waals surface area contributed by atoms with Gasteiger partial charge >= 0.3 is 21.7 Å². The summed E-state index contributed by atoms with van der Waals surface area (Å²) >= 11 is 2.13. The van der Waals surface area contributed by atoms with E-state index < -0.39 is 0 Å². The molecule has 0 aromatic heterocycles. The minimum Gasteiger partial charge on any atom is -1.00 e. The molecule has 0 nitrogen and oxygen atoms in total. The van der Waals surface area contributed by atoms with Crippen LogP contribution in [0.2, 0.25) is 0 Å². The fraction of sp³-hybridized carbons (Fsp3) is 0.529. The van der Waals surface area contributed by atoms with Crippen molar-refractivity contribution in [3.05, 3.63) is 47.1 Å². The third-order valence-corrected chi connectivity index (χ3v) is 5.54. The van der Waals surface area contributed by atoms with Gasteiger partial charge in [-0.25, -0.2) is 11.6 Å². The Morgan fingerprint density at radius 2 is 2.00 bits per heavy atom. The number of hydrogen-bond acceptors (Lipinski definition) is 1. The Morgan fingerprint density at radius 3 is 2.52 bits per heavy atom. The first-order valence-corrected chi connectivity index (χ1v) is 7.90. The summed E-state index contributed by atoms with van der Waals surface area (Å²) in [6, 6.07) is 0. The smallest absolute Gasteiger partial charge is 1.00 e. The molecule has 1 atom stereocenters. The maximum atomic E-state index is 3.48. The molecule has 0 aromatic rings. The standard InChI is InChI=1S/C17H23S.2ClH.Ti/c1-4-11-18-17(13-16-7-5-6-8-16)10-9-14(2)12-15(17)3;;;/h5,7,9,12H,4,6,10-11,13H2,1-3H3;2*1H;/q-1;;;+3/p-2. The first kappa shape index (κ1) is 23.9. The third-order valence-electron chi connectivity index (χ3n) is 3.74. The molecule has 2 rings (SSSR count). The van der Waals surface area contributed by atoms with Crippen molar-refractivity contribution in [3.8, 4) is 0 Å². The molecule has 2 aliphatic rings. The summed E-state index contributed by atoms with van der Waals surface area (Å²) in [6.07, 6.45) is 17.3. The topological polar surface area (TPSA) is 0 Å². The van der Waals surface area contributed by atoms with Gasteiger partial charge in [-0.05, 0) is 38.9 Å². The quantitative estimate of drug-likeness (QED) is 0.448. The first-order valence-electron chi connectivity index (χ1n) is 6.92. The van der Waals surface area contributed by atoms with Gasteiger partial charge in [-0.15, -0.1) is 6.42 Å². The number of thioether (sulfide) groups is 1.